The first-order chi connectivity index (χ1) is 10.0. The Morgan fingerprint density at radius 2 is 2.00 bits per heavy atom. The first-order valence-corrected chi connectivity index (χ1v) is 7.60. The number of nitrogens with one attached hydrogen (secondary N) is 1. The number of ether oxygens (including phenoxy) is 1. The van der Waals surface area contributed by atoms with E-state index in [4.69, 9.17) is 4.74 Å². The molecule has 0 bridgehead atoms. The van der Waals surface area contributed by atoms with Crippen LogP contribution < -0.4 is 5.32 Å². The summed E-state index contributed by atoms with van der Waals surface area (Å²) >= 11 is 1.37. The Kier molecular flexibility index (Phi) is 4.81. The molecule has 0 fully saturated rings. The molecule has 3 nitrogen and oxygen atoms in total. The van der Waals surface area contributed by atoms with Crippen LogP contribution in [0.5, 0.6) is 0 Å². The van der Waals surface area contributed by atoms with Crippen LogP contribution >= 0.6 is 11.3 Å². The molecule has 0 aliphatic rings. The van der Waals surface area contributed by atoms with Crippen LogP contribution in [0.3, 0.4) is 0 Å². The van der Waals surface area contributed by atoms with Crippen LogP contribution in [-0.4, -0.2) is 13.1 Å². The summed E-state index contributed by atoms with van der Waals surface area (Å²) in [5.74, 6) is -0.317. The fourth-order valence-corrected chi connectivity index (χ4v) is 2.87. The van der Waals surface area contributed by atoms with Gasteiger partial charge >= 0.3 is 5.97 Å². The molecule has 1 aromatic carbocycles. The highest BCUT2D eigenvalue weighted by molar-refractivity contribution is 7.15. The third-order valence-electron chi connectivity index (χ3n) is 3.27. The van der Waals surface area contributed by atoms with E-state index in [1.165, 1.54) is 29.6 Å². The molecule has 110 valence electrons. The number of esters is 1. The molecular weight excluding hydrogens is 282 g/mol. The number of aryl methyl sites for hydroxylation is 2. The molecule has 0 unspecified atom stereocenters. The zero-order chi connectivity index (χ0) is 15.4. The van der Waals surface area contributed by atoms with E-state index in [9.17, 15) is 4.79 Å². The molecule has 0 saturated heterocycles. The highest BCUT2D eigenvalue weighted by atomic mass is 32.1. The Balaban J connectivity index is 2.14. The van der Waals surface area contributed by atoms with Crippen molar-refractivity contribution < 1.29 is 9.53 Å². The van der Waals surface area contributed by atoms with Crippen LogP contribution in [0.1, 0.15) is 32.6 Å². The average molecular weight is 301 g/mol. The number of benzene rings is 1. The normalized spacial score (nSPS) is 10.2. The number of hydrogen-bond acceptors (Lipinski definition) is 4. The quantitative estimate of drug-likeness (QED) is 0.827. The molecule has 1 heterocycles. The van der Waals surface area contributed by atoms with Crippen molar-refractivity contribution >= 4 is 28.7 Å². The van der Waals surface area contributed by atoms with Gasteiger partial charge in [-0.2, -0.15) is 0 Å². The van der Waals surface area contributed by atoms with Crippen molar-refractivity contribution in [2.24, 2.45) is 0 Å². The molecule has 0 spiro atoms. The number of anilines is 1. The summed E-state index contributed by atoms with van der Waals surface area (Å²) in [5.41, 5.74) is 4.31. The van der Waals surface area contributed by atoms with Gasteiger partial charge in [0.05, 0.1) is 12.0 Å². The number of hydrogen-bond donors (Lipinski definition) is 1. The second kappa shape index (κ2) is 6.59. The van der Waals surface area contributed by atoms with Crippen molar-refractivity contribution in [2.45, 2.75) is 20.3 Å². The molecule has 0 aliphatic heterocycles. The lowest BCUT2D eigenvalue weighted by Gasteiger charge is -2.12. The molecule has 2 aromatic rings. The largest absolute Gasteiger partial charge is 0.465 e. The van der Waals surface area contributed by atoms with E-state index in [0.29, 0.717) is 4.88 Å². The van der Waals surface area contributed by atoms with Gasteiger partial charge in [-0.1, -0.05) is 25.6 Å². The Morgan fingerprint density at radius 1 is 1.29 bits per heavy atom. The molecule has 0 amide bonds. The van der Waals surface area contributed by atoms with E-state index in [1.54, 1.807) is 6.07 Å². The van der Waals surface area contributed by atoms with Crippen LogP contribution in [0.4, 0.5) is 5.69 Å². The maximum absolute atomic E-state index is 11.5. The molecular formula is C17H19NO2S. The summed E-state index contributed by atoms with van der Waals surface area (Å²) in [6.45, 7) is 8.26. The summed E-state index contributed by atoms with van der Waals surface area (Å²) < 4.78 is 4.71. The van der Waals surface area contributed by atoms with Gasteiger partial charge < -0.3 is 10.1 Å². The van der Waals surface area contributed by atoms with Crippen molar-refractivity contribution in [1.29, 1.82) is 0 Å². The number of methoxy groups -OCH3 is 1. The van der Waals surface area contributed by atoms with E-state index in [1.807, 2.05) is 6.07 Å². The fourth-order valence-electron chi connectivity index (χ4n) is 2.02. The molecule has 0 saturated carbocycles. The third kappa shape index (κ3) is 3.52. The van der Waals surface area contributed by atoms with E-state index in [0.717, 1.165) is 22.7 Å². The minimum atomic E-state index is -0.317. The molecule has 21 heavy (non-hydrogen) atoms. The van der Waals surface area contributed by atoms with Crippen LogP contribution in [0.25, 0.3) is 5.70 Å². The third-order valence-corrected chi connectivity index (χ3v) is 4.40. The first kappa shape index (κ1) is 15.3. The second-order valence-corrected chi connectivity index (χ2v) is 5.85. The van der Waals surface area contributed by atoms with E-state index in [-0.39, 0.29) is 5.97 Å². The van der Waals surface area contributed by atoms with Crippen molar-refractivity contribution in [1.82, 2.24) is 0 Å². The first-order valence-electron chi connectivity index (χ1n) is 6.79. The number of carbonyl (C=O) groups is 1. The Bertz CT molecular complexity index is 673. The van der Waals surface area contributed by atoms with Crippen molar-refractivity contribution in [3.63, 3.8) is 0 Å². The van der Waals surface area contributed by atoms with Gasteiger partial charge in [-0.05, 0) is 42.7 Å². The van der Waals surface area contributed by atoms with Gasteiger partial charge in [0.25, 0.3) is 0 Å². The maximum atomic E-state index is 11.5. The summed E-state index contributed by atoms with van der Waals surface area (Å²) in [4.78, 5) is 13.0. The maximum Gasteiger partial charge on any atom is 0.348 e. The lowest BCUT2D eigenvalue weighted by Crippen LogP contribution is -1.99. The predicted octanol–water partition coefficient (Wildman–Crippen LogP) is 4.49. The average Bonchev–Trinajstić information content (AvgIpc) is 2.98. The minimum Gasteiger partial charge on any atom is -0.465 e. The smallest absolute Gasteiger partial charge is 0.348 e. The van der Waals surface area contributed by atoms with Crippen LogP contribution in [0.2, 0.25) is 0 Å². The number of rotatable bonds is 5. The van der Waals surface area contributed by atoms with Gasteiger partial charge in [0.2, 0.25) is 0 Å². The summed E-state index contributed by atoms with van der Waals surface area (Å²) in [7, 11) is 1.38. The summed E-state index contributed by atoms with van der Waals surface area (Å²) in [6.07, 6.45) is 1.02. The van der Waals surface area contributed by atoms with Gasteiger partial charge in [0.1, 0.15) is 4.88 Å². The van der Waals surface area contributed by atoms with Gasteiger partial charge in [-0.15, -0.1) is 11.3 Å². The standard InChI is InChI=1S/C17H19NO2S/c1-5-13-6-7-14(11(2)10-13)18-12(3)15-8-9-16(21-15)17(19)20-4/h6-10,18H,3,5H2,1-2,4H3. The molecule has 0 atom stereocenters. The topological polar surface area (TPSA) is 38.3 Å². The molecule has 0 radical (unpaired) electrons. The summed E-state index contributed by atoms with van der Waals surface area (Å²) in [5, 5.41) is 3.31. The van der Waals surface area contributed by atoms with Crippen molar-refractivity contribution in [3.05, 3.63) is 57.8 Å². The van der Waals surface area contributed by atoms with Crippen LogP contribution in [0.15, 0.2) is 36.9 Å². The molecule has 1 aromatic heterocycles. The van der Waals surface area contributed by atoms with Crippen LogP contribution in [-0.2, 0) is 11.2 Å². The van der Waals surface area contributed by atoms with Crippen LogP contribution in [0, 0.1) is 6.92 Å². The zero-order valence-corrected chi connectivity index (χ0v) is 13.3. The highest BCUT2D eigenvalue weighted by Crippen LogP contribution is 2.27. The second-order valence-electron chi connectivity index (χ2n) is 4.76. The van der Waals surface area contributed by atoms with Gasteiger partial charge in [0, 0.05) is 11.4 Å². The predicted molar refractivity (Wildman–Crippen MR) is 88.9 cm³/mol. The Morgan fingerprint density at radius 3 is 2.62 bits per heavy atom. The van der Waals surface area contributed by atoms with E-state index < -0.39 is 0 Å². The SMILES string of the molecule is C=C(Nc1ccc(CC)cc1C)c1ccc(C(=O)OC)s1. The Labute approximate surface area is 129 Å². The zero-order valence-electron chi connectivity index (χ0n) is 12.5. The van der Waals surface area contributed by atoms with Crippen molar-refractivity contribution in [3.8, 4) is 0 Å². The lowest BCUT2D eigenvalue weighted by molar-refractivity contribution is 0.0606. The van der Waals surface area contributed by atoms with Gasteiger partial charge in [0.15, 0.2) is 0 Å². The monoisotopic (exact) mass is 301 g/mol. The number of thiophene rings is 1. The lowest BCUT2D eigenvalue weighted by atomic mass is 10.1. The minimum absolute atomic E-state index is 0.317. The summed E-state index contributed by atoms with van der Waals surface area (Å²) in [6, 6.07) is 9.97. The molecule has 4 heteroatoms. The molecule has 0 aliphatic carbocycles. The molecule has 2 rings (SSSR count). The fraction of sp³-hybridized carbons (Fsp3) is 0.235. The highest BCUT2D eigenvalue weighted by Gasteiger charge is 2.11. The Hall–Kier alpha value is -2.07. The van der Waals surface area contributed by atoms with Gasteiger partial charge in [-0.25, -0.2) is 4.79 Å². The van der Waals surface area contributed by atoms with E-state index in [2.05, 4.69) is 43.9 Å². The van der Waals surface area contributed by atoms with Crippen molar-refractivity contribution in [2.75, 3.05) is 12.4 Å². The molecule has 1 N–H and O–H groups in total. The van der Waals surface area contributed by atoms with E-state index >= 15 is 0 Å². The number of carbonyl (C=O) groups excluding carboxylic acids is 1. The van der Waals surface area contributed by atoms with Gasteiger partial charge in [-0.3, -0.25) is 0 Å².